The normalized spacial score (nSPS) is 13.1. The van der Waals surface area contributed by atoms with E-state index in [9.17, 15) is 36.2 Å². The maximum Gasteiger partial charge on any atom is 0.417 e. The SMILES string of the molecule is COC(=O)c1cc(-c2ccc(C(F)(F)F)cc2C(F)(F)F)nnc1NC[C@@H](C)O. The van der Waals surface area contributed by atoms with Gasteiger partial charge in [-0.2, -0.15) is 26.3 Å². The minimum absolute atomic E-state index is 0.0333. The Hall–Kier alpha value is -2.89. The van der Waals surface area contributed by atoms with Gasteiger partial charge >= 0.3 is 18.3 Å². The molecule has 0 spiro atoms. The number of rotatable bonds is 5. The van der Waals surface area contributed by atoms with Crippen LogP contribution < -0.4 is 5.32 Å². The highest BCUT2D eigenvalue weighted by molar-refractivity contribution is 5.95. The van der Waals surface area contributed by atoms with Gasteiger partial charge < -0.3 is 15.2 Å². The third kappa shape index (κ3) is 5.34. The fourth-order valence-electron chi connectivity index (χ4n) is 2.34. The highest BCUT2D eigenvalue weighted by Gasteiger charge is 2.38. The van der Waals surface area contributed by atoms with Crippen molar-refractivity contribution < 1.29 is 41.0 Å². The molecule has 1 aromatic heterocycles. The summed E-state index contributed by atoms with van der Waals surface area (Å²) in [6, 6.07) is 1.97. The van der Waals surface area contributed by atoms with Gasteiger partial charge in [0.25, 0.3) is 0 Å². The Labute approximate surface area is 160 Å². The molecular weight excluding hydrogens is 408 g/mol. The minimum Gasteiger partial charge on any atom is -0.465 e. The third-order valence-corrected chi connectivity index (χ3v) is 3.69. The quantitative estimate of drug-likeness (QED) is 0.563. The number of aromatic nitrogens is 2. The lowest BCUT2D eigenvalue weighted by atomic mass is 9.99. The van der Waals surface area contributed by atoms with E-state index >= 15 is 0 Å². The third-order valence-electron chi connectivity index (χ3n) is 3.69. The van der Waals surface area contributed by atoms with Crippen LogP contribution >= 0.6 is 0 Å². The summed E-state index contributed by atoms with van der Waals surface area (Å²) in [6.07, 6.45) is -10.9. The standard InChI is InChI=1S/C17H15F6N3O3/c1-8(27)7-24-14-11(15(28)29-2)6-13(25-26-14)10-4-3-9(16(18,19)20)5-12(10)17(21,22)23/h3-6,8,27H,7H2,1-2H3,(H,24,26)/t8-/m1/s1. The molecule has 1 heterocycles. The molecule has 0 saturated heterocycles. The Balaban J connectivity index is 2.63. The van der Waals surface area contributed by atoms with Crippen LogP contribution in [0.15, 0.2) is 24.3 Å². The number of carbonyl (C=O) groups is 1. The summed E-state index contributed by atoms with van der Waals surface area (Å²) in [6.45, 7) is 1.39. The number of aliphatic hydroxyl groups is 1. The van der Waals surface area contributed by atoms with Crippen molar-refractivity contribution in [1.82, 2.24) is 10.2 Å². The van der Waals surface area contributed by atoms with Crippen LogP contribution in [0.3, 0.4) is 0 Å². The summed E-state index contributed by atoms with van der Waals surface area (Å²) in [5.74, 6) is -1.13. The molecule has 1 atom stereocenters. The first-order valence-corrected chi connectivity index (χ1v) is 8.01. The van der Waals surface area contributed by atoms with Gasteiger partial charge in [0.05, 0.1) is 30.0 Å². The Kier molecular flexibility index (Phi) is 6.36. The molecule has 1 aromatic carbocycles. The van der Waals surface area contributed by atoms with Crippen molar-refractivity contribution >= 4 is 11.8 Å². The molecule has 0 unspecified atom stereocenters. The van der Waals surface area contributed by atoms with Gasteiger partial charge in [0.1, 0.15) is 5.56 Å². The lowest BCUT2D eigenvalue weighted by molar-refractivity contribution is -0.142. The van der Waals surface area contributed by atoms with E-state index in [1.54, 1.807) is 0 Å². The number of esters is 1. The summed E-state index contributed by atoms with van der Waals surface area (Å²) in [5, 5.41) is 19.1. The number of hydrogen-bond acceptors (Lipinski definition) is 6. The van der Waals surface area contributed by atoms with Crippen LogP contribution in [-0.4, -0.2) is 41.0 Å². The topological polar surface area (TPSA) is 84.3 Å². The molecule has 0 radical (unpaired) electrons. The molecule has 2 rings (SSSR count). The lowest BCUT2D eigenvalue weighted by Gasteiger charge is -2.16. The molecule has 158 valence electrons. The predicted molar refractivity (Wildman–Crippen MR) is 89.0 cm³/mol. The molecule has 0 fully saturated rings. The fourth-order valence-corrected chi connectivity index (χ4v) is 2.34. The van der Waals surface area contributed by atoms with Crippen molar-refractivity contribution in [3.8, 4) is 11.3 Å². The van der Waals surface area contributed by atoms with Crippen LogP contribution in [0, 0.1) is 0 Å². The van der Waals surface area contributed by atoms with Gasteiger partial charge in [0.2, 0.25) is 0 Å². The summed E-state index contributed by atoms with van der Waals surface area (Å²) in [7, 11) is 1.03. The van der Waals surface area contributed by atoms with Gasteiger partial charge in [-0.1, -0.05) is 6.07 Å². The maximum absolute atomic E-state index is 13.4. The number of benzene rings is 1. The largest absolute Gasteiger partial charge is 0.465 e. The summed E-state index contributed by atoms with van der Waals surface area (Å²) in [5.41, 5.74) is -4.53. The highest BCUT2D eigenvalue weighted by Crippen LogP contribution is 2.40. The lowest BCUT2D eigenvalue weighted by Crippen LogP contribution is -2.19. The molecule has 29 heavy (non-hydrogen) atoms. The van der Waals surface area contributed by atoms with E-state index < -0.39 is 46.8 Å². The van der Waals surface area contributed by atoms with E-state index in [0.717, 1.165) is 13.2 Å². The first-order valence-electron chi connectivity index (χ1n) is 8.01. The van der Waals surface area contributed by atoms with Crippen molar-refractivity contribution in [3.05, 3.63) is 41.0 Å². The number of nitrogens with one attached hydrogen (secondary N) is 1. The van der Waals surface area contributed by atoms with Crippen molar-refractivity contribution in [2.24, 2.45) is 0 Å². The number of alkyl halides is 6. The molecule has 2 aromatic rings. The number of aliphatic hydroxyl groups excluding tert-OH is 1. The first kappa shape index (κ1) is 22.4. The number of nitrogens with zero attached hydrogens (tertiary/aromatic N) is 2. The molecule has 0 aliphatic heterocycles. The molecule has 0 bridgehead atoms. The van der Waals surface area contributed by atoms with Gasteiger partial charge in [-0.3, -0.25) is 0 Å². The van der Waals surface area contributed by atoms with Crippen LogP contribution in [-0.2, 0) is 17.1 Å². The number of ether oxygens (including phenoxy) is 1. The summed E-state index contributed by atoms with van der Waals surface area (Å²) >= 11 is 0. The van der Waals surface area contributed by atoms with Crippen LogP contribution in [0.4, 0.5) is 32.2 Å². The molecule has 0 saturated carbocycles. The van der Waals surface area contributed by atoms with Gasteiger partial charge in [-0.05, 0) is 25.1 Å². The van der Waals surface area contributed by atoms with Crippen LogP contribution in [0.5, 0.6) is 0 Å². The first-order chi connectivity index (χ1) is 13.3. The van der Waals surface area contributed by atoms with E-state index in [0.29, 0.717) is 12.1 Å². The monoisotopic (exact) mass is 423 g/mol. The Bertz CT molecular complexity index is 897. The maximum atomic E-state index is 13.4. The zero-order valence-corrected chi connectivity index (χ0v) is 15.0. The number of hydrogen-bond donors (Lipinski definition) is 2. The molecule has 0 aliphatic rings. The molecule has 0 aliphatic carbocycles. The van der Waals surface area contributed by atoms with Crippen molar-refractivity contribution in [2.75, 3.05) is 19.0 Å². The fraction of sp³-hybridized carbons (Fsp3) is 0.353. The van der Waals surface area contributed by atoms with Crippen LogP contribution in [0.25, 0.3) is 11.3 Å². The van der Waals surface area contributed by atoms with Crippen LogP contribution in [0.2, 0.25) is 0 Å². The van der Waals surface area contributed by atoms with Crippen LogP contribution in [0.1, 0.15) is 28.4 Å². The Morgan fingerprint density at radius 1 is 1.14 bits per heavy atom. The van der Waals surface area contributed by atoms with Gasteiger partial charge in [0, 0.05) is 12.1 Å². The second-order valence-corrected chi connectivity index (χ2v) is 5.97. The molecule has 2 N–H and O–H groups in total. The van der Waals surface area contributed by atoms with Gasteiger partial charge in [-0.25, -0.2) is 4.79 Å². The van der Waals surface area contributed by atoms with Gasteiger partial charge in [0.15, 0.2) is 5.82 Å². The second kappa shape index (κ2) is 8.23. The average Bonchev–Trinajstić information content (AvgIpc) is 2.63. The zero-order valence-electron chi connectivity index (χ0n) is 15.0. The van der Waals surface area contributed by atoms with Crippen molar-refractivity contribution in [1.29, 1.82) is 0 Å². The van der Waals surface area contributed by atoms with Crippen molar-refractivity contribution in [2.45, 2.75) is 25.4 Å². The summed E-state index contributed by atoms with van der Waals surface area (Å²) < 4.78 is 83.1. The number of anilines is 1. The average molecular weight is 423 g/mol. The summed E-state index contributed by atoms with van der Waals surface area (Å²) in [4.78, 5) is 12.0. The minimum atomic E-state index is -5.12. The predicted octanol–water partition coefficient (Wildman–Crippen LogP) is 3.76. The smallest absolute Gasteiger partial charge is 0.417 e. The number of halogens is 6. The van der Waals surface area contributed by atoms with Crippen molar-refractivity contribution in [3.63, 3.8) is 0 Å². The Morgan fingerprint density at radius 3 is 2.31 bits per heavy atom. The van der Waals surface area contributed by atoms with Gasteiger partial charge in [-0.15, -0.1) is 10.2 Å². The van der Waals surface area contributed by atoms with E-state index in [1.807, 2.05) is 0 Å². The van der Waals surface area contributed by atoms with E-state index in [2.05, 4.69) is 20.3 Å². The van der Waals surface area contributed by atoms with E-state index in [-0.39, 0.29) is 24.0 Å². The molecule has 12 heteroatoms. The zero-order chi connectivity index (χ0) is 22.0. The second-order valence-electron chi connectivity index (χ2n) is 5.97. The Morgan fingerprint density at radius 2 is 1.79 bits per heavy atom. The molecular formula is C17H15F6N3O3. The number of carbonyl (C=O) groups excluding carboxylic acids is 1. The highest BCUT2D eigenvalue weighted by atomic mass is 19.4. The van der Waals surface area contributed by atoms with E-state index in [4.69, 9.17) is 0 Å². The molecule has 6 nitrogen and oxygen atoms in total. The van der Waals surface area contributed by atoms with E-state index in [1.165, 1.54) is 6.92 Å². The molecule has 0 amide bonds. The number of methoxy groups -OCH3 is 1.